The van der Waals surface area contributed by atoms with Gasteiger partial charge in [0.1, 0.15) is 11.2 Å². The molecule has 2 heterocycles. The van der Waals surface area contributed by atoms with E-state index in [1.54, 1.807) is 0 Å². The van der Waals surface area contributed by atoms with E-state index in [1.165, 1.54) is 27.6 Å². The van der Waals surface area contributed by atoms with Gasteiger partial charge in [-0.05, 0) is 52.1 Å². The number of fused-ring (bicyclic) bond motifs is 10. The van der Waals surface area contributed by atoms with Crippen LogP contribution in [0.25, 0.3) is 77.1 Å². The maximum atomic E-state index is 6.75. The molecule has 0 spiro atoms. The number of aromatic nitrogens is 1. The van der Waals surface area contributed by atoms with E-state index in [-0.39, 0.29) is 5.41 Å². The Kier molecular flexibility index (Phi) is 4.70. The van der Waals surface area contributed by atoms with Crippen LogP contribution in [0, 0.1) is 0 Å². The van der Waals surface area contributed by atoms with Crippen LogP contribution in [0.5, 0.6) is 0 Å². The smallest absolute Gasteiger partial charge is 0.143 e. The van der Waals surface area contributed by atoms with Crippen LogP contribution < -0.4 is 0 Å². The minimum Gasteiger partial charge on any atom is -0.455 e. The number of hydrogen-bond donors (Lipinski definition) is 0. The minimum atomic E-state index is -0.0846. The molecule has 0 atom stereocenters. The summed E-state index contributed by atoms with van der Waals surface area (Å²) >= 11 is 0. The highest BCUT2D eigenvalue weighted by molar-refractivity contribution is 6.30. The van der Waals surface area contributed by atoms with E-state index in [4.69, 9.17) is 9.40 Å². The van der Waals surface area contributed by atoms with E-state index in [2.05, 4.69) is 141 Å². The van der Waals surface area contributed by atoms with E-state index < -0.39 is 0 Å². The molecule has 8 aromatic rings. The summed E-state index contributed by atoms with van der Waals surface area (Å²) in [5.41, 5.74) is 12.5. The van der Waals surface area contributed by atoms with Crippen LogP contribution in [0.2, 0.25) is 0 Å². The van der Waals surface area contributed by atoms with Crippen molar-refractivity contribution in [2.75, 3.05) is 0 Å². The van der Waals surface area contributed by atoms with Crippen molar-refractivity contribution in [3.05, 3.63) is 139 Å². The minimum absolute atomic E-state index is 0.0846. The van der Waals surface area contributed by atoms with Crippen molar-refractivity contribution in [3.8, 4) is 33.5 Å². The van der Waals surface area contributed by atoms with Crippen LogP contribution in [0.4, 0.5) is 0 Å². The van der Waals surface area contributed by atoms with Gasteiger partial charge in [0.2, 0.25) is 0 Å². The molecule has 42 heavy (non-hydrogen) atoms. The predicted octanol–water partition coefficient (Wildman–Crippen LogP) is 10.9. The predicted molar refractivity (Wildman–Crippen MR) is 175 cm³/mol. The maximum absolute atomic E-state index is 6.75. The van der Waals surface area contributed by atoms with E-state index in [9.17, 15) is 0 Å². The second-order valence-corrected chi connectivity index (χ2v) is 11.9. The van der Waals surface area contributed by atoms with Gasteiger partial charge >= 0.3 is 0 Å². The molecule has 0 saturated heterocycles. The molecule has 1 aliphatic carbocycles. The van der Waals surface area contributed by atoms with Crippen LogP contribution in [-0.2, 0) is 5.41 Å². The van der Waals surface area contributed by atoms with Gasteiger partial charge in [0.15, 0.2) is 0 Å². The first kappa shape index (κ1) is 23.5. The Hall–Kier alpha value is -5.21. The van der Waals surface area contributed by atoms with E-state index in [0.717, 1.165) is 60.6 Å². The van der Waals surface area contributed by atoms with E-state index in [0.29, 0.717) is 0 Å². The molecular formula is C40H27NO. The highest BCUT2D eigenvalue weighted by Gasteiger charge is 2.35. The topological polar surface area (TPSA) is 26.0 Å². The average molecular weight is 538 g/mol. The van der Waals surface area contributed by atoms with Crippen molar-refractivity contribution < 1.29 is 4.42 Å². The summed E-state index contributed by atoms with van der Waals surface area (Å²) in [4.78, 5) is 5.26. The third-order valence-corrected chi connectivity index (χ3v) is 9.25. The van der Waals surface area contributed by atoms with Gasteiger partial charge in [-0.1, -0.05) is 117 Å². The molecule has 0 aliphatic heterocycles. The Morgan fingerprint density at radius 3 is 2.12 bits per heavy atom. The molecule has 198 valence electrons. The van der Waals surface area contributed by atoms with Crippen LogP contribution >= 0.6 is 0 Å². The van der Waals surface area contributed by atoms with Crippen LogP contribution in [-0.4, -0.2) is 4.98 Å². The molecule has 0 fully saturated rings. The number of para-hydroxylation sites is 2. The fraction of sp³-hybridized carbons (Fsp3) is 0.0750. The molecule has 0 saturated carbocycles. The lowest BCUT2D eigenvalue weighted by Crippen LogP contribution is -2.14. The zero-order valence-electron chi connectivity index (χ0n) is 23.5. The molecule has 1 aliphatic rings. The summed E-state index contributed by atoms with van der Waals surface area (Å²) in [5.74, 6) is 0. The van der Waals surface area contributed by atoms with Gasteiger partial charge in [0.25, 0.3) is 0 Å². The summed E-state index contributed by atoms with van der Waals surface area (Å²) in [6.07, 6.45) is 0. The van der Waals surface area contributed by atoms with Crippen molar-refractivity contribution in [1.82, 2.24) is 4.98 Å². The Balaban J connectivity index is 1.45. The summed E-state index contributed by atoms with van der Waals surface area (Å²) in [6, 6.07) is 45.5. The Morgan fingerprint density at radius 1 is 0.524 bits per heavy atom. The SMILES string of the molecule is CC1(C)c2ccccc2-c2ccc(-c3cc4c(-c5ccccc5)nc5ccccc5c4c4c3oc3ccccc34)cc21. The first-order valence-electron chi connectivity index (χ1n) is 14.6. The number of furan rings is 1. The quantitative estimate of drug-likeness (QED) is 0.205. The molecule has 6 aromatic carbocycles. The fourth-order valence-corrected chi connectivity index (χ4v) is 7.23. The summed E-state index contributed by atoms with van der Waals surface area (Å²) in [5, 5.41) is 5.75. The molecule has 0 radical (unpaired) electrons. The largest absolute Gasteiger partial charge is 0.455 e. The van der Waals surface area contributed by atoms with Gasteiger partial charge in [-0.15, -0.1) is 0 Å². The van der Waals surface area contributed by atoms with Gasteiger partial charge in [0.05, 0.1) is 11.2 Å². The monoisotopic (exact) mass is 537 g/mol. The Morgan fingerprint density at radius 2 is 1.24 bits per heavy atom. The average Bonchev–Trinajstić information content (AvgIpc) is 3.53. The third-order valence-electron chi connectivity index (χ3n) is 9.25. The first-order valence-corrected chi connectivity index (χ1v) is 14.6. The molecule has 0 N–H and O–H groups in total. The van der Waals surface area contributed by atoms with Crippen molar-refractivity contribution in [2.24, 2.45) is 0 Å². The normalized spacial score (nSPS) is 13.7. The summed E-state index contributed by atoms with van der Waals surface area (Å²) in [6.45, 7) is 4.67. The van der Waals surface area contributed by atoms with Crippen molar-refractivity contribution in [2.45, 2.75) is 19.3 Å². The van der Waals surface area contributed by atoms with Crippen LogP contribution in [0.15, 0.2) is 132 Å². The number of benzene rings is 6. The second kappa shape index (κ2) is 8.41. The number of hydrogen-bond acceptors (Lipinski definition) is 2. The van der Waals surface area contributed by atoms with Crippen molar-refractivity contribution >= 4 is 43.6 Å². The lowest BCUT2D eigenvalue weighted by Gasteiger charge is -2.22. The highest BCUT2D eigenvalue weighted by atomic mass is 16.3. The second-order valence-electron chi connectivity index (χ2n) is 11.9. The highest BCUT2D eigenvalue weighted by Crippen LogP contribution is 2.51. The van der Waals surface area contributed by atoms with Crippen LogP contribution in [0.1, 0.15) is 25.0 Å². The molecular weight excluding hydrogens is 510 g/mol. The van der Waals surface area contributed by atoms with Gasteiger partial charge in [-0.3, -0.25) is 0 Å². The van der Waals surface area contributed by atoms with Crippen molar-refractivity contribution in [1.29, 1.82) is 0 Å². The lowest BCUT2D eigenvalue weighted by atomic mass is 9.81. The molecule has 0 unspecified atom stereocenters. The van der Waals surface area contributed by atoms with Gasteiger partial charge < -0.3 is 4.42 Å². The maximum Gasteiger partial charge on any atom is 0.143 e. The number of pyridine rings is 1. The summed E-state index contributed by atoms with van der Waals surface area (Å²) in [7, 11) is 0. The molecule has 2 nitrogen and oxygen atoms in total. The molecule has 0 bridgehead atoms. The van der Waals surface area contributed by atoms with Gasteiger partial charge in [-0.25, -0.2) is 4.98 Å². The van der Waals surface area contributed by atoms with Crippen molar-refractivity contribution in [3.63, 3.8) is 0 Å². The van der Waals surface area contributed by atoms with Crippen LogP contribution in [0.3, 0.4) is 0 Å². The fourth-order valence-electron chi connectivity index (χ4n) is 7.23. The Labute approximate surface area is 243 Å². The standard InChI is InChI=1S/C40H27NO/c1-40(2)32-17-9-6-14-26(32)27-21-20-25(22-33(27)40)30-23-31-36(37-29-16-8-11-19-35(29)42-39(30)37)28-15-7-10-18-34(28)41-38(31)24-12-4-3-5-13-24/h3-23H,1-2H3. The third kappa shape index (κ3) is 3.12. The summed E-state index contributed by atoms with van der Waals surface area (Å²) < 4.78 is 6.75. The van der Waals surface area contributed by atoms with Gasteiger partial charge in [-0.2, -0.15) is 0 Å². The molecule has 2 heteroatoms. The number of nitrogens with zero attached hydrogens (tertiary/aromatic N) is 1. The molecule has 9 rings (SSSR count). The Bertz CT molecular complexity index is 2380. The zero-order chi connectivity index (χ0) is 28.0. The zero-order valence-corrected chi connectivity index (χ0v) is 23.5. The first-order chi connectivity index (χ1) is 20.6. The van der Waals surface area contributed by atoms with E-state index >= 15 is 0 Å². The molecule has 0 amide bonds. The molecule has 2 aromatic heterocycles. The van der Waals surface area contributed by atoms with E-state index in [1.807, 2.05) is 0 Å². The van der Waals surface area contributed by atoms with Gasteiger partial charge in [0, 0.05) is 43.5 Å². The number of rotatable bonds is 2. The lowest BCUT2D eigenvalue weighted by molar-refractivity contribution is 0.660.